The summed E-state index contributed by atoms with van der Waals surface area (Å²) < 4.78 is 42.8. The van der Waals surface area contributed by atoms with Crippen molar-refractivity contribution in [3.8, 4) is 11.6 Å². The number of benzene rings is 1. The van der Waals surface area contributed by atoms with Crippen molar-refractivity contribution in [1.29, 1.82) is 0 Å². The van der Waals surface area contributed by atoms with Crippen LogP contribution in [0.3, 0.4) is 0 Å². The van der Waals surface area contributed by atoms with Crippen molar-refractivity contribution in [2.45, 2.75) is 6.18 Å². The van der Waals surface area contributed by atoms with Gasteiger partial charge in [-0.25, -0.2) is 4.98 Å². The number of anilines is 1. The zero-order valence-electron chi connectivity index (χ0n) is 9.71. The van der Waals surface area contributed by atoms with Crippen LogP contribution in [0.25, 0.3) is 0 Å². The second kappa shape index (κ2) is 5.38. The molecule has 1 aromatic carbocycles. The van der Waals surface area contributed by atoms with Crippen LogP contribution in [-0.2, 0) is 6.18 Å². The summed E-state index contributed by atoms with van der Waals surface area (Å²) in [6, 6.07) is 6.30. The molecule has 0 radical (unpaired) electrons. The Labute approximate surface area is 122 Å². The van der Waals surface area contributed by atoms with Crippen LogP contribution in [0.1, 0.15) is 5.56 Å². The molecule has 2 aromatic rings. The third-order valence-corrected chi connectivity index (χ3v) is 2.88. The fourth-order valence-electron chi connectivity index (χ4n) is 1.40. The number of rotatable bonds is 2. The molecule has 0 saturated heterocycles. The van der Waals surface area contributed by atoms with E-state index in [1.165, 1.54) is 18.2 Å². The second-order valence-corrected chi connectivity index (χ2v) is 4.54. The highest BCUT2D eigenvalue weighted by molar-refractivity contribution is 6.32. The van der Waals surface area contributed by atoms with Gasteiger partial charge in [-0.05, 0) is 24.3 Å². The maximum atomic E-state index is 12.5. The molecule has 0 spiro atoms. The van der Waals surface area contributed by atoms with Gasteiger partial charge in [0.1, 0.15) is 10.9 Å². The molecule has 0 aliphatic rings. The molecule has 106 valence electrons. The van der Waals surface area contributed by atoms with Crippen molar-refractivity contribution >= 4 is 28.9 Å². The lowest BCUT2D eigenvalue weighted by molar-refractivity contribution is -0.137. The van der Waals surface area contributed by atoms with Crippen molar-refractivity contribution < 1.29 is 17.9 Å². The van der Waals surface area contributed by atoms with E-state index in [-0.39, 0.29) is 16.7 Å². The van der Waals surface area contributed by atoms with Gasteiger partial charge in [-0.15, -0.1) is 0 Å². The Morgan fingerprint density at radius 3 is 2.35 bits per heavy atom. The van der Waals surface area contributed by atoms with Gasteiger partial charge in [-0.3, -0.25) is 0 Å². The molecule has 1 heterocycles. The van der Waals surface area contributed by atoms with Crippen LogP contribution in [0.5, 0.6) is 11.6 Å². The summed E-state index contributed by atoms with van der Waals surface area (Å²) in [5, 5.41) is -0.482. The monoisotopic (exact) mass is 322 g/mol. The van der Waals surface area contributed by atoms with Gasteiger partial charge >= 0.3 is 6.18 Å². The van der Waals surface area contributed by atoms with Gasteiger partial charge in [0.25, 0.3) is 0 Å². The molecular weight excluding hydrogens is 316 g/mol. The second-order valence-electron chi connectivity index (χ2n) is 3.78. The Morgan fingerprint density at radius 1 is 1.10 bits per heavy atom. The number of pyridine rings is 1. The first-order valence-electron chi connectivity index (χ1n) is 5.24. The number of alkyl halides is 3. The van der Waals surface area contributed by atoms with E-state index < -0.39 is 16.9 Å². The Bertz CT molecular complexity index is 647. The van der Waals surface area contributed by atoms with Gasteiger partial charge in [0.2, 0.25) is 5.88 Å². The summed E-state index contributed by atoms with van der Waals surface area (Å²) >= 11 is 11.4. The maximum Gasteiger partial charge on any atom is 0.419 e. The molecule has 0 aliphatic heterocycles. The molecule has 2 N–H and O–H groups in total. The quantitative estimate of drug-likeness (QED) is 0.639. The lowest BCUT2D eigenvalue weighted by Gasteiger charge is -2.11. The SMILES string of the molecule is Nc1ccc(Oc2ccc(C(F)(F)F)c(Cl)n2)c(Cl)c1. The summed E-state index contributed by atoms with van der Waals surface area (Å²) in [6.45, 7) is 0. The van der Waals surface area contributed by atoms with Gasteiger partial charge in [0, 0.05) is 11.8 Å². The van der Waals surface area contributed by atoms with Crippen LogP contribution in [-0.4, -0.2) is 4.98 Å². The third kappa shape index (κ3) is 3.26. The molecule has 0 aliphatic carbocycles. The van der Waals surface area contributed by atoms with E-state index in [9.17, 15) is 13.2 Å². The van der Waals surface area contributed by atoms with E-state index in [1.54, 1.807) is 0 Å². The molecule has 0 unspecified atom stereocenters. The van der Waals surface area contributed by atoms with Gasteiger partial charge < -0.3 is 10.5 Å². The number of nitrogen functional groups attached to an aromatic ring is 1. The van der Waals surface area contributed by atoms with Gasteiger partial charge in [0.15, 0.2) is 0 Å². The summed E-state index contributed by atoms with van der Waals surface area (Å²) in [7, 11) is 0. The molecule has 0 fully saturated rings. The van der Waals surface area contributed by atoms with E-state index >= 15 is 0 Å². The first kappa shape index (κ1) is 14.7. The molecule has 0 amide bonds. The van der Waals surface area contributed by atoms with E-state index in [2.05, 4.69) is 4.98 Å². The largest absolute Gasteiger partial charge is 0.437 e. The standard InChI is InChI=1S/C12H7Cl2F3N2O/c13-8-5-6(18)1-3-9(8)20-10-4-2-7(11(14)19-10)12(15,16)17/h1-5H,18H2. The number of ether oxygens (including phenoxy) is 1. The predicted octanol–water partition coefficient (Wildman–Crippen LogP) is 4.78. The van der Waals surface area contributed by atoms with Gasteiger partial charge in [-0.2, -0.15) is 13.2 Å². The summed E-state index contributed by atoms with van der Waals surface area (Å²) in [5.74, 6) is 0.110. The summed E-state index contributed by atoms with van der Waals surface area (Å²) in [4.78, 5) is 3.53. The number of nitrogens with zero attached hydrogens (tertiary/aromatic N) is 1. The highest BCUT2D eigenvalue weighted by atomic mass is 35.5. The first-order chi connectivity index (χ1) is 9.27. The van der Waals surface area contributed by atoms with Crippen molar-refractivity contribution in [3.63, 3.8) is 0 Å². The molecule has 0 bridgehead atoms. The minimum atomic E-state index is -4.57. The van der Waals surface area contributed by atoms with Crippen molar-refractivity contribution in [2.24, 2.45) is 0 Å². The average molecular weight is 323 g/mol. The van der Waals surface area contributed by atoms with Crippen LogP contribution >= 0.6 is 23.2 Å². The highest BCUT2D eigenvalue weighted by Crippen LogP contribution is 2.36. The van der Waals surface area contributed by atoms with E-state index in [0.29, 0.717) is 5.69 Å². The molecular formula is C12H7Cl2F3N2O. The highest BCUT2D eigenvalue weighted by Gasteiger charge is 2.34. The Morgan fingerprint density at radius 2 is 1.80 bits per heavy atom. The smallest absolute Gasteiger partial charge is 0.419 e. The van der Waals surface area contributed by atoms with Crippen LogP contribution in [0.2, 0.25) is 10.2 Å². The fourth-order valence-corrected chi connectivity index (χ4v) is 1.88. The number of hydrogen-bond acceptors (Lipinski definition) is 3. The Kier molecular flexibility index (Phi) is 3.96. The number of halogens is 5. The Hall–Kier alpha value is -1.66. The molecule has 0 saturated carbocycles. The zero-order chi connectivity index (χ0) is 14.9. The molecule has 0 atom stereocenters. The number of aromatic nitrogens is 1. The fraction of sp³-hybridized carbons (Fsp3) is 0.0833. The van der Waals surface area contributed by atoms with Crippen LogP contribution in [0.15, 0.2) is 30.3 Å². The third-order valence-electron chi connectivity index (χ3n) is 2.30. The van der Waals surface area contributed by atoms with Gasteiger partial charge in [0.05, 0.1) is 10.6 Å². The Balaban J connectivity index is 2.29. The lowest BCUT2D eigenvalue weighted by atomic mass is 10.3. The minimum Gasteiger partial charge on any atom is -0.437 e. The van der Waals surface area contributed by atoms with E-state index in [1.807, 2.05) is 0 Å². The first-order valence-corrected chi connectivity index (χ1v) is 5.99. The zero-order valence-corrected chi connectivity index (χ0v) is 11.2. The summed E-state index contributed by atoms with van der Waals surface area (Å²) in [5.41, 5.74) is 4.91. The normalized spacial score (nSPS) is 11.4. The topological polar surface area (TPSA) is 48.1 Å². The van der Waals surface area contributed by atoms with Crippen molar-refractivity contribution in [2.75, 3.05) is 5.73 Å². The van der Waals surface area contributed by atoms with Crippen molar-refractivity contribution in [1.82, 2.24) is 4.98 Å². The minimum absolute atomic E-state index is 0.102. The van der Waals surface area contributed by atoms with E-state index in [4.69, 9.17) is 33.7 Å². The lowest BCUT2D eigenvalue weighted by Crippen LogP contribution is -2.07. The number of nitrogens with two attached hydrogens (primary N) is 1. The molecule has 20 heavy (non-hydrogen) atoms. The van der Waals surface area contributed by atoms with Crippen LogP contribution < -0.4 is 10.5 Å². The predicted molar refractivity (Wildman–Crippen MR) is 70.2 cm³/mol. The average Bonchev–Trinajstić information content (AvgIpc) is 2.31. The molecule has 2 rings (SSSR count). The maximum absolute atomic E-state index is 12.5. The van der Waals surface area contributed by atoms with E-state index in [0.717, 1.165) is 12.1 Å². The molecule has 1 aromatic heterocycles. The van der Waals surface area contributed by atoms with Crippen LogP contribution in [0, 0.1) is 0 Å². The van der Waals surface area contributed by atoms with Crippen molar-refractivity contribution in [3.05, 3.63) is 46.1 Å². The number of hydrogen-bond donors (Lipinski definition) is 1. The van der Waals surface area contributed by atoms with Crippen LogP contribution in [0.4, 0.5) is 18.9 Å². The molecule has 3 nitrogen and oxygen atoms in total. The summed E-state index contributed by atoms with van der Waals surface area (Å²) in [6.07, 6.45) is -4.57. The molecule has 8 heteroatoms. The van der Waals surface area contributed by atoms with Gasteiger partial charge in [-0.1, -0.05) is 23.2 Å².